The van der Waals surface area contributed by atoms with Crippen LogP contribution < -0.4 is 11.1 Å². The standard InChI is InChI=1S/C15H21N3O3/c16-15(21)17-12-7-5-11(6-8-12)14(20)18-9-3-1-2-4-13(18)10-19/h5-8,13,19H,1-4,9-10H2,(H3,16,17,21). The van der Waals surface area contributed by atoms with E-state index >= 15 is 0 Å². The highest BCUT2D eigenvalue weighted by Gasteiger charge is 2.25. The van der Waals surface area contributed by atoms with Crippen molar-refractivity contribution in [2.24, 2.45) is 5.73 Å². The van der Waals surface area contributed by atoms with Gasteiger partial charge >= 0.3 is 6.03 Å². The molecule has 1 aromatic carbocycles. The fourth-order valence-electron chi connectivity index (χ4n) is 2.64. The predicted octanol–water partition coefficient (Wildman–Crippen LogP) is 1.55. The first-order chi connectivity index (χ1) is 10.1. The molecule has 0 aromatic heterocycles. The third kappa shape index (κ3) is 3.95. The maximum Gasteiger partial charge on any atom is 0.316 e. The molecule has 4 N–H and O–H groups in total. The number of rotatable bonds is 3. The van der Waals surface area contributed by atoms with Gasteiger partial charge in [-0.05, 0) is 37.1 Å². The highest BCUT2D eigenvalue weighted by molar-refractivity contribution is 5.95. The van der Waals surface area contributed by atoms with E-state index in [-0.39, 0.29) is 18.6 Å². The van der Waals surface area contributed by atoms with E-state index in [0.29, 0.717) is 17.8 Å². The summed E-state index contributed by atoms with van der Waals surface area (Å²) in [5, 5.41) is 11.9. The van der Waals surface area contributed by atoms with Crippen LogP contribution in [0.5, 0.6) is 0 Å². The molecule has 1 aliphatic rings. The van der Waals surface area contributed by atoms with Gasteiger partial charge in [-0.25, -0.2) is 4.79 Å². The van der Waals surface area contributed by atoms with Crippen LogP contribution in [0.4, 0.5) is 10.5 Å². The van der Waals surface area contributed by atoms with Gasteiger partial charge in [-0.1, -0.05) is 12.8 Å². The Labute approximate surface area is 123 Å². The Morgan fingerprint density at radius 2 is 1.95 bits per heavy atom. The fourth-order valence-corrected chi connectivity index (χ4v) is 2.64. The maximum absolute atomic E-state index is 12.6. The highest BCUT2D eigenvalue weighted by atomic mass is 16.3. The van der Waals surface area contributed by atoms with E-state index in [2.05, 4.69) is 5.32 Å². The second-order valence-electron chi connectivity index (χ2n) is 5.25. The van der Waals surface area contributed by atoms with E-state index in [1.165, 1.54) is 0 Å². The second kappa shape index (κ2) is 7.08. The number of carbonyl (C=O) groups is 2. The van der Waals surface area contributed by atoms with Gasteiger partial charge in [0.05, 0.1) is 12.6 Å². The number of nitrogens with one attached hydrogen (secondary N) is 1. The van der Waals surface area contributed by atoms with Crippen molar-refractivity contribution in [3.63, 3.8) is 0 Å². The molecule has 3 amide bonds. The first-order valence-corrected chi connectivity index (χ1v) is 7.20. The monoisotopic (exact) mass is 291 g/mol. The molecule has 1 aromatic rings. The number of urea groups is 1. The summed E-state index contributed by atoms with van der Waals surface area (Å²) < 4.78 is 0. The molecular weight excluding hydrogens is 270 g/mol. The van der Waals surface area contributed by atoms with Crippen LogP contribution in [-0.2, 0) is 0 Å². The number of aliphatic hydroxyl groups excluding tert-OH is 1. The summed E-state index contributed by atoms with van der Waals surface area (Å²) in [7, 11) is 0. The average Bonchev–Trinajstić information content (AvgIpc) is 2.71. The Morgan fingerprint density at radius 3 is 2.57 bits per heavy atom. The van der Waals surface area contributed by atoms with Crippen molar-refractivity contribution in [2.75, 3.05) is 18.5 Å². The molecule has 0 radical (unpaired) electrons. The first-order valence-electron chi connectivity index (χ1n) is 7.20. The first kappa shape index (κ1) is 15.3. The van der Waals surface area contributed by atoms with Gasteiger partial charge in [0.15, 0.2) is 0 Å². The van der Waals surface area contributed by atoms with Crippen molar-refractivity contribution in [1.29, 1.82) is 0 Å². The van der Waals surface area contributed by atoms with Gasteiger partial charge in [0, 0.05) is 17.8 Å². The minimum Gasteiger partial charge on any atom is -0.394 e. The van der Waals surface area contributed by atoms with Gasteiger partial charge in [-0.3, -0.25) is 4.79 Å². The van der Waals surface area contributed by atoms with Crippen LogP contribution in [0, 0.1) is 0 Å². The molecule has 1 aliphatic heterocycles. The lowest BCUT2D eigenvalue weighted by atomic mass is 10.1. The van der Waals surface area contributed by atoms with Crippen LogP contribution in [-0.4, -0.2) is 41.1 Å². The SMILES string of the molecule is NC(=O)Nc1ccc(C(=O)N2CCCCCC2CO)cc1. The zero-order valence-corrected chi connectivity index (χ0v) is 11.9. The van der Waals surface area contributed by atoms with Crippen molar-refractivity contribution < 1.29 is 14.7 Å². The van der Waals surface area contributed by atoms with Crippen molar-refractivity contribution in [3.05, 3.63) is 29.8 Å². The maximum atomic E-state index is 12.6. The van der Waals surface area contributed by atoms with Crippen LogP contribution in [0.3, 0.4) is 0 Å². The summed E-state index contributed by atoms with van der Waals surface area (Å²) in [6.07, 6.45) is 3.92. The molecule has 1 saturated heterocycles. The minimum absolute atomic E-state index is 0.00689. The van der Waals surface area contributed by atoms with E-state index in [9.17, 15) is 14.7 Å². The largest absolute Gasteiger partial charge is 0.394 e. The van der Waals surface area contributed by atoms with E-state index in [0.717, 1.165) is 25.7 Å². The topological polar surface area (TPSA) is 95.7 Å². The van der Waals surface area contributed by atoms with Gasteiger partial charge in [0.1, 0.15) is 0 Å². The number of aliphatic hydroxyl groups is 1. The number of nitrogens with zero attached hydrogens (tertiary/aromatic N) is 1. The molecule has 1 atom stereocenters. The Bertz CT molecular complexity index is 501. The summed E-state index contributed by atoms with van der Waals surface area (Å²) in [6.45, 7) is 0.665. The van der Waals surface area contributed by atoms with Crippen LogP contribution in [0.25, 0.3) is 0 Å². The molecule has 0 bridgehead atoms. The molecule has 21 heavy (non-hydrogen) atoms. The van der Waals surface area contributed by atoms with Gasteiger partial charge in [-0.2, -0.15) is 0 Å². The van der Waals surface area contributed by atoms with E-state index in [4.69, 9.17) is 5.73 Å². The Kier molecular flexibility index (Phi) is 5.16. The van der Waals surface area contributed by atoms with E-state index in [1.54, 1.807) is 29.2 Å². The summed E-state index contributed by atoms with van der Waals surface area (Å²) in [5.74, 6) is -0.0819. The number of nitrogens with two attached hydrogens (primary N) is 1. The highest BCUT2D eigenvalue weighted by Crippen LogP contribution is 2.20. The van der Waals surface area contributed by atoms with E-state index in [1.807, 2.05) is 0 Å². The average molecular weight is 291 g/mol. The summed E-state index contributed by atoms with van der Waals surface area (Å²) in [6, 6.07) is 5.86. The van der Waals surface area contributed by atoms with Gasteiger partial charge in [0.2, 0.25) is 0 Å². The number of hydrogen-bond acceptors (Lipinski definition) is 3. The molecule has 0 saturated carbocycles. The zero-order chi connectivity index (χ0) is 15.2. The summed E-state index contributed by atoms with van der Waals surface area (Å²) in [4.78, 5) is 25.1. The van der Waals surface area contributed by atoms with Crippen LogP contribution in [0.2, 0.25) is 0 Å². The van der Waals surface area contributed by atoms with Crippen LogP contribution >= 0.6 is 0 Å². The molecule has 0 spiro atoms. The molecule has 2 rings (SSSR count). The van der Waals surface area contributed by atoms with Crippen LogP contribution in [0.15, 0.2) is 24.3 Å². The Balaban J connectivity index is 2.12. The molecule has 114 valence electrons. The Hall–Kier alpha value is -2.08. The lowest BCUT2D eigenvalue weighted by molar-refractivity contribution is 0.0600. The number of benzene rings is 1. The molecule has 6 heteroatoms. The third-order valence-electron chi connectivity index (χ3n) is 3.75. The van der Waals surface area contributed by atoms with Gasteiger partial charge in [-0.15, -0.1) is 0 Å². The molecule has 1 unspecified atom stereocenters. The third-order valence-corrected chi connectivity index (χ3v) is 3.75. The van der Waals surface area contributed by atoms with Gasteiger partial charge < -0.3 is 21.1 Å². The lowest BCUT2D eigenvalue weighted by Gasteiger charge is -2.28. The number of carbonyl (C=O) groups excluding carboxylic acids is 2. The van der Waals surface area contributed by atoms with E-state index < -0.39 is 6.03 Å². The van der Waals surface area contributed by atoms with Crippen molar-refractivity contribution in [1.82, 2.24) is 4.90 Å². The van der Waals surface area contributed by atoms with Crippen molar-refractivity contribution in [2.45, 2.75) is 31.7 Å². The van der Waals surface area contributed by atoms with Gasteiger partial charge in [0.25, 0.3) is 5.91 Å². The molecule has 1 fully saturated rings. The minimum atomic E-state index is -0.637. The molecule has 0 aliphatic carbocycles. The number of anilines is 1. The normalized spacial score (nSPS) is 18.9. The van der Waals surface area contributed by atoms with Crippen molar-refractivity contribution in [3.8, 4) is 0 Å². The quantitative estimate of drug-likeness (QED) is 0.788. The lowest BCUT2D eigenvalue weighted by Crippen LogP contribution is -2.42. The smallest absolute Gasteiger partial charge is 0.316 e. The zero-order valence-electron chi connectivity index (χ0n) is 11.9. The number of likely N-dealkylation sites (tertiary alicyclic amines) is 1. The van der Waals surface area contributed by atoms with Crippen LogP contribution in [0.1, 0.15) is 36.0 Å². The Morgan fingerprint density at radius 1 is 1.24 bits per heavy atom. The number of amides is 3. The predicted molar refractivity (Wildman–Crippen MR) is 80.0 cm³/mol. The van der Waals surface area contributed by atoms with Crippen molar-refractivity contribution >= 4 is 17.6 Å². The number of hydrogen-bond donors (Lipinski definition) is 3. The number of primary amides is 1. The fraction of sp³-hybridized carbons (Fsp3) is 0.467. The second-order valence-corrected chi connectivity index (χ2v) is 5.25. The summed E-state index contributed by atoms with van der Waals surface area (Å²) >= 11 is 0. The molecule has 6 nitrogen and oxygen atoms in total. The molecular formula is C15H21N3O3. The molecule has 1 heterocycles. The summed E-state index contributed by atoms with van der Waals surface area (Å²) in [5.41, 5.74) is 6.14.